The lowest BCUT2D eigenvalue weighted by atomic mass is 9.83. The van der Waals surface area contributed by atoms with Crippen molar-refractivity contribution in [3.8, 4) is 0 Å². The summed E-state index contributed by atoms with van der Waals surface area (Å²) in [5.41, 5.74) is 6.66. The van der Waals surface area contributed by atoms with Crippen LogP contribution in [0.2, 0.25) is 5.02 Å². The fourth-order valence-corrected chi connectivity index (χ4v) is 3.22. The van der Waals surface area contributed by atoms with E-state index in [1.54, 1.807) is 23.4 Å². The van der Waals surface area contributed by atoms with Crippen LogP contribution >= 0.6 is 11.6 Å². The summed E-state index contributed by atoms with van der Waals surface area (Å²) in [5, 5.41) is 0.663. The van der Waals surface area contributed by atoms with E-state index in [0.717, 1.165) is 11.1 Å². The number of hydrogen-bond donors (Lipinski definition) is 1. The zero-order valence-corrected chi connectivity index (χ0v) is 21.6. The summed E-state index contributed by atoms with van der Waals surface area (Å²) in [6, 6.07) is 10.5. The highest BCUT2D eigenvalue weighted by atomic mass is 35.5. The van der Waals surface area contributed by atoms with Gasteiger partial charge < -0.3 is 5.73 Å². The molecule has 0 fully saturated rings. The average Bonchev–Trinajstić information content (AvgIpc) is 2.69. The molecule has 2 aromatic rings. The van der Waals surface area contributed by atoms with Crippen LogP contribution in [-0.2, 0) is 9.59 Å². The molecule has 32 heavy (non-hydrogen) atoms. The Kier molecular flexibility index (Phi) is 13.0. The number of pyridine rings is 1. The largest absolute Gasteiger partial charge is 0.368 e. The average molecular weight is 463 g/mol. The highest BCUT2D eigenvalue weighted by Crippen LogP contribution is 2.30. The Morgan fingerprint density at radius 1 is 0.938 bits per heavy atom. The first-order chi connectivity index (χ1) is 14.9. The number of benzene rings is 1. The van der Waals surface area contributed by atoms with Gasteiger partial charge in [-0.25, -0.2) is 0 Å². The molecule has 2 N–H and O–H groups in total. The van der Waals surface area contributed by atoms with E-state index < -0.39 is 6.04 Å². The second-order valence-electron chi connectivity index (χ2n) is 8.59. The van der Waals surface area contributed by atoms with E-state index in [2.05, 4.69) is 4.98 Å². The molecule has 0 aliphatic carbocycles. The van der Waals surface area contributed by atoms with Crippen molar-refractivity contribution >= 4 is 23.3 Å². The van der Waals surface area contributed by atoms with E-state index in [1.807, 2.05) is 98.0 Å². The summed E-state index contributed by atoms with van der Waals surface area (Å²) in [7, 11) is 7.44. The Hall–Kier alpha value is -2.28. The molecule has 0 spiro atoms. The van der Waals surface area contributed by atoms with Crippen LogP contribution in [0, 0.1) is 5.41 Å². The van der Waals surface area contributed by atoms with Crippen molar-refractivity contribution in [3.63, 3.8) is 0 Å². The van der Waals surface area contributed by atoms with Gasteiger partial charge in [0.1, 0.15) is 6.04 Å². The number of Topliss-reactive ketones (excluding diaryl/α,β-unsaturated/α-hetero) is 1. The molecule has 1 aromatic carbocycles. The van der Waals surface area contributed by atoms with Gasteiger partial charge in [0.05, 0.1) is 6.04 Å². The van der Waals surface area contributed by atoms with Gasteiger partial charge in [-0.2, -0.15) is 0 Å². The first-order valence-electron chi connectivity index (χ1n) is 10.7. The summed E-state index contributed by atoms with van der Waals surface area (Å²) in [4.78, 5) is 31.2. The van der Waals surface area contributed by atoms with Gasteiger partial charge in [0.15, 0.2) is 5.78 Å². The number of amides is 1. The number of carbonyl (C=O) groups is 2. The summed E-state index contributed by atoms with van der Waals surface area (Å²) in [6.45, 7) is 9.82. The SMILES string of the molecule is CC.CN(C)C(C(=O)C(C)(C)C)c1cccc(Cl)c1.CN(C)C(C(N)=O)c1cccnc1. The van der Waals surface area contributed by atoms with E-state index in [4.69, 9.17) is 17.3 Å². The van der Waals surface area contributed by atoms with E-state index in [1.165, 1.54) is 0 Å². The molecule has 0 saturated heterocycles. The highest BCUT2D eigenvalue weighted by Gasteiger charge is 2.32. The third-order valence-corrected chi connectivity index (χ3v) is 4.69. The molecular formula is C25H39ClN4O2. The van der Waals surface area contributed by atoms with Gasteiger partial charge in [-0.1, -0.05) is 64.4 Å². The first-order valence-corrected chi connectivity index (χ1v) is 11.1. The molecule has 7 heteroatoms. The molecule has 1 amide bonds. The molecule has 0 aliphatic rings. The standard InChI is InChI=1S/C14H20ClNO.C9H13N3O.C2H6/c1-14(2,3)13(17)12(16(4)5)10-7-6-8-11(15)9-10;1-12(2)8(9(10)13)7-4-3-5-11-6-7;1-2/h6-9,12H,1-5H3;3-6,8H,1-2H3,(H2,10,13);1-2H3. The zero-order valence-electron chi connectivity index (χ0n) is 20.9. The van der Waals surface area contributed by atoms with Crippen LogP contribution in [0.1, 0.15) is 57.8 Å². The number of carbonyl (C=O) groups excluding carboxylic acids is 2. The van der Waals surface area contributed by atoms with Gasteiger partial charge in [0.2, 0.25) is 5.91 Å². The van der Waals surface area contributed by atoms with Gasteiger partial charge in [0.25, 0.3) is 0 Å². The van der Waals surface area contributed by atoms with Crippen LogP contribution < -0.4 is 5.73 Å². The topological polar surface area (TPSA) is 79.5 Å². The fraction of sp³-hybridized carbons (Fsp3) is 0.480. The van der Waals surface area contributed by atoms with E-state index in [-0.39, 0.29) is 23.1 Å². The number of halogens is 1. The summed E-state index contributed by atoms with van der Waals surface area (Å²) in [5.74, 6) is -0.164. The molecule has 0 saturated carbocycles. The predicted molar refractivity (Wildman–Crippen MR) is 134 cm³/mol. The smallest absolute Gasteiger partial charge is 0.239 e. The number of hydrogen-bond acceptors (Lipinski definition) is 5. The van der Waals surface area contributed by atoms with Crippen molar-refractivity contribution in [1.82, 2.24) is 14.8 Å². The number of primary amides is 1. The van der Waals surface area contributed by atoms with Crippen LogP contribution in [0.3, 0.4) is 0 Å². The Balaban J connectivity index is 0.000000574. The lowest BCUT2D eigenvalue weighted by Gasteiger charge is -2.29. The molecule has 2 unspecified atom stereocenters. The second kappa shape index (κ2) is 14.0. The fourth-order valence-electron chi connectivity index (χ4n) is 3.03. The van der Waals surface area contributed by atoms with E-state index in [9.17, 15) is 9.59 Å². The number of nitrogens with two attached hydrogens (primary N) is 1. The van der Waals surface area contributed by atoms with Crippen LogP contribution in [0.15, 0.2) is 48.8 Å². The quantitative estimate of drug-likeness (QED) is 0.669. The monoisotopic (exact) mass is 462 g/mol. The van der Waals surface area contributed by atoms with Crippen LogP contribution in [-0.4, -0.2) is 54.7 Å². The normalized spacial score (nSPS) is 12.8. The molecule has 2 rings (SSSR count). The maximum absolute atomic E-state index is 12.4. The van der Waals surface area contributed by atoms with Crippen molar-refractivity contribution in [2.75, 3.05) is 28.2 Å². The van der Waals surface area contributed by atoms with Gasteiger partial charge in [0, 0.05) is 22.8 Å². The molecular weight excluding hydrogens is 424 g/mol. The molecule has 0 bridgehead atoms. The summed E-state index contributed by atoms with van der Waals surface area (Å²) >= 11 is 5.98. The van der Waals surface area contributed by atoms with E-state index in [0.29, 0.717) is 5.02 Å². The number of ketones is 1. The van der Waals surface area contributed by atoms with E-state index >= 15 is 0 Å². The van der Waals surface area contributed by atoms with Crippen molar-refractivity contribution in [3.05, 3.63) is 64.9 Å². The second-order valence-corrected chi connectivity index (χ2v) is 9.03. The van der Waals surface area contributed by atoms with Crippen LogP contribution in [0.5, 0.6) is 0 Å². The number of nitrogens with zero attached hydrogens (tertiary/aromatic N) is 3. The third-order valence-electron chi connectivity index (χ3n) is 4.45. The molecule has 1 aromatic heterocycles. The summed E-state index contributed by atoms with van der Waals surface area (Å²) in [6.07, 6.45) is 3.31. The third kappa shape index (κ3) is 9.47. The van der Waals surface area contributed by atoms with Crippen LogP contribution in [0.4, 0.5) is 0 Å². The maximum atomic E-state index is 12.4. The minimum Gasteiger partial charge on any atom is -0.368 e. The Bertz CT molecular complexity index is 833. The summed E-state index contributed by atoms with van der Waals surface area (Å²) < 4.78 is 0. The number of likely N-dealkylation sites (N-methyl/N-ethyl adjacent to an activating group) is 2. The van der Waals surface area contributed by atoms with Gasteiger partial charge in [-0.3, -0.25) is 24.4 Å². The van der Waals surface area contributed by atoms with Crippen LogP contribution in [0.25, 0.3) is 0 Å². The molecule has 6 nitrogen and oxygen atoms in total. The molecule has 2 atom stereocenters. The zero-order chi connectivity index (χ0) is 25.1. The van der Waals surface area contributed by atoms with Crippen molar-refractivity contribution in [2.24, 2.45) is 11.1 Å². The minimum absolute atomic E-state index is 0.199. The Labute approximate surface area is 198 Å². The number of aromatic nitrogens is 1. The highest BCUT2D eigenvalue weighted by molar-refractivity contribution is 6.30. The van der Waals surface area contributed by atoms with Crippen molar-refractivity contribution in [2.45, 2.75) is 46.7 Å². The Morgan fingerprint density at radius 2 is 1.47 bits per heavy atom. The first kappa shape index (κ1) is 29.7. The molecule has 0 aliphatic heterocycles. The lowest BCUT2D eigenvalue weighted by molar-refractivity contribution is -0.131. The van der Waals surface area contributed by atoms with Gasteiger partial charge in [-0.05, 0) is 57.5 Å². The van der Waals surface area contributed by atoms with Crippen molar-refractivity contribution in [1.29, 1.82) is 0 Å². The predicted octanol–water partition coefficient (Wildman–Crippen LogP) is 4.75. The number of rotatable bonds is 6. The van der Waals surface area contributed by atoms with Gasteiger partial charge in [-0.15, -0.1) is 0 Å². The molecule has 0 radical (unpaired) electrons. The molecule has 178 valence electrons. The lowest BCUT2D eigenvalue weighted by Crippen LogP contribution is -2.35. The minimum atomic E-state index is -0.395. The molecule has 1 heterocycles. The van der Waals surface area contributed by atoms with Crippen molar-refractivity contribution < 1.29 is 9.59 Å². The Morgan fingerprint density at radius 3 is 1.84 bits per heavy atom. The van der Waals surface area contributed by atoms with Gasteiger partial charge >= 0.3 is 0 Å². The maximum Gasteiger partial charge on any atom is 0.239 e.